The van der Waals surface area contributed by atoms with Gasteiger partial charge in [-0.1, -0.05) is 6.07 Å². The second-order valence-corrected chi connectivity index (χ2v) is 7.45. The average Bonchev–Trinajstić information content (AvgIpc) is 2.98. The molecule has 2 rings (SSSR count). The molecule has 1 aromatic rings. The van der Waals surface area contributed by atoms with Crippen LogP contribution in [-0.4, -0.2) is 54.8 Å². The summed E-state index contributed by atoms with van der Waals surface area (Å²) in [7, 11) is 0. The van der Waals surface area contributed by atoms with Crippen LogP contribution in [0, 0.1) is 0 Å². The predicted molar refractivity (Wildman–Crippen MR) is 88.6 cm³/mol. The Morgan fingerprint density at radius 3 is 2.65 bits per heavy atom. The molecule has 2 amide bonds. The van der Waals surface area contributed by atoms with Crippen molar-refractivity contribution >= 4 is 23.3 Å². The molecule has 0 bridgehead atoms. The number of ether oxygens (including phenoxy) is 2. The number of morpholine rings is 1. The first kappa shape index (κ1) is 17.7. The molecular weight excluding hydrogens is 316 g/mol. The lowest BCUT2D eigenvalue weighted by Crippen LogP contribution is -2.53. The highest BCUT2D eigenvalue weighted by Crippen LogP contribution is 2.14. The third-order valence-electron chi connectivity index (χ3n) is 3.30. The van der Waals surface area contributed by atoms with Gasteiger partial charge in [0.25, 0.3) is 0 Å². The number of thiophene rings is 1. The molecule has 0 saturated carbocycles. The molecule has 0 spiro atoms. The normalized spacial score (nSPS) is 16.7. The maximum Gasteiger partial charge on any atom is 0.408 e. The molecule has 0 unspecified atom stereocenters. The van der Waals surface area contributed by atoms with Crippen molar-refractivity contribution in [3.63, 3.8) is 0 Å². The van der Waals surface area contributed by atoms with Gasteiger partial charge in [0.2, 0.25) is 5.91 Å². The van der Waals surface area contributed by atoms with Crippen LogP contribution in [0.2, 0.25) is 0 Å². The van der Waals surface area contributed by atoms with Crippen LogP contribution in [0.4, 0.5) is 4.79 Å². The standard InChI is InChI=1S/C16H24N2O4S/c1-16(2,3)22-15(20)17-13(11-12-5-4-10-23-12)14(19)18-6-8-21-9-7-18/h4-5,10,13H,6-9,11H2,1-3H3,(H,17,20)/t13-/m0/s1. The van der Waals surface area contributed by atoms with Crippen molar-refractivity contribution in [1.82, 2.24) is 10.2 Å². The van der Waals surface area contributed by atoms with Crippen LogP contribution in [0.3, 0.4) is 0 Å². The van der Waals surface area contributed by atoms with E-state index in [1.807, 2.05) is 17.5 Å². The highest BCUT2D eigenvalue weighted by Gasteiger charge is 2.29. The van der Waals surface area contributed by atoms with Crippen molar-refractivity contribution < 1.29 is 19.1 Å². The van der Waals surface area contributed by atoms with Crippen LogP contribution in [0.25, 0.3) is 0 Å². The van der Waals surface area contributed by atoms with E-state index in [0.29, 0.717) is 32.7 Å². The van der Waals surface area contributed by atoms with Gasteiger partial charge in [-0.05, 0) is 32.2 Å². The fraction of sp³-hybridized carbons (Fsp3) is 0.625. The van der Waals surface area contributed by atoms with E-state index >= 15 is 0 Å². The van der Waals surface area contributed by atoms with Crippen molar-refractivity contribution in [2.75, 3.05) is 26.3 Å². The lowest BCUT2D eigenvalue weighted by Gasteiger charge is -2.31. The van der Waals surface area contributed by atoms with Crippen LogP contribution in [-0.2, 0) is 20.7 Å². The van der Waals surface area contributed by atoms with Crippen molar-refractivity contribution in [3.8, 4) is 0 Å². The third-order valence-corrected chi connectivity index (χ3v) is 4.20. The largest absolute Gasteiger partial charge is 0.444 e. The van der Waals surface area contributed by atoms with E-state index in [1.54, 1.807) is 37.0 Å². The van der Waals surface area contributed by atoms with Crippen LogP contribution >= 0.6 is 11.3 Å². The van der Waals surface area contributed by atoms with Gasteiger partial charge < -0.3 is 19.7 Å². The number of hydrogen-bond donors (Lipinski definition) is 1. The fourth-order valence-electron chi connectivity index (χ4n) is 2.28. The number of hydrogen-bond acceptors (Lipinski definition) is 5. The van der Waals surface area contributed by atoms with Crippen LogP contribution in [0.5, 0.6) is 0 Å². The molecule has 1 atom stereocenters. The summed E-state index contributed by atoms with van der Waals surface area (Å²) in [5, 5.41) is 4.68. The van der Waals surface area contributed by atoms with E-state index in [9.17, 15) is 9.59 Å². The lowest BCUT2D eigenvalue weighted by atomic mass is 10.1. The molecule has 0 aliphatic carbocycles. The topological polar surface area (TPSA) is 67.9 Å². The smallest absolute Gasteiger partial charge is 0.408 e. The molecule has 1 N–H and O–H groups in total. The van der Waals surface area contributed by atoms with Gasteiger partial charge in [0.1, 0.15) is 11.6 Å². The Hall–Kier alpha value is -1.60. The van der Waals surface area contributed by atoms with E-state index in [2.05, 4.69) is 5.32 Å². The van der Waals surface area contributed by atoms with Crippen LogP contribution in [0.15, 0.2) is 17.5 Å². The number of alkyl carbamates (subject to hydrolysis) is 1. The number of nitrogens with zero attached hydrogens (tertiary/aromatic N) is 1. The van der Waals surface area contributed by atoms with Crippen molar-refractivity contribution in [2.45, 2.75) is 38.8 Å². The zero-order chi connectivity index (χ0) is 16.9. The number of carbonyl (C=O) groups is 2. The fourth-order valence-corrected chi connectivity index (χ4v) is 3.04. The van der Waals surface area contributed by atoms with Crippen molar-refractivity contribution in [1.29, 1.82) is 0 Å². The Morgan fingerprint density at radius 1 is 1.39 bits per heavy atom. The maximum absolute atomic E-state index is 12.7. The summed E-state index contributed by atoms with van der Waals surface area (Å²) in [5.74, 6) is -0.0902. The minimum Gasteiger partial charge on any atom is -0.444 e. The molecule has 1 aromatic heterocycles. The highest BCUT2D eigenvalue weighted by molar-refractivity contribution is 7.09. The Bertz CT molecular complexity index is 519. The molecule has 0 aromatic carbocycles. The maximum atomic E-state index is 12.7. The van der Waals surface area contributed by atoms with Gasteiger partial charge in [-0.2, -0.15) is 0 Å². The average molecular weight is 340 g/mol. The van der Waals surface area contributed by atoms with Crippen LogP contribution in [0.1, 0.15) is 25.6 Å². The van der Waals surface area contributed by atoms with Crippen LogP contribution < -0.4 is 5.32 Å². The molecular formula is C16H24N2O4S. The summed E-state index contributed by atoms with van der Waals surface area (Å²) in [4.78, 5) is 27.6. The summed E-state index contributed by atoms with van der Waals surface area (Å²) in [5.41, 5.74) is -0.598. The Kier molecular flexibility index (Phi) is 6.01. The molecule has 128 valence electrons. The minimum atomic E-state index is -0.624. The second kappa shape index (κ2) is 7.79. The number of nitrogens with one attached hydrogen (secondary N) is 1. The molecule has 1 aliphatic rings. The predicted octanol–water partition coefficient (Wildman–Crippen LogP) is 2.04. The first-order chi connectivity index (χ1) is 10.8. The van der Waals surface area contributed by atoms with Crippen molar-refractivity contribution in [2.24, 2.45) is 0 Å². The van der Waals surface area contributed by atoms with Gasteiger partial charge >= 0.3 is 6.09 Å². The number of rotatable bonds is 4. The first-order valence-corrected chi connectivity index (χ1v) is 8.61. The van der Waals surface area contributed by atoms with Crippen molar-refractivity contribution in [3.05, 3.63) is 22.4 Å². The molecule has 6 nitrogen and oxygen atoms in total. The van der Waals surface area contributed by atoms with E-state index in [-0.39, 0.29) is 5.91 Å². The van der Waals surface area contributed by atoms with Gasteiger partial charge in [-0.3, -0.25) is 4.79 Å². The second-order valence-electron chi connectivity index (χ2n) is 6.42. The molecule has 1 aliphatic heterocycles. The Balaban J connectivity index is 2.04. The van der Waals surface area contributed by atoms with E-state index in [4.69, 9.17) is 9.47 Å². The van der Waals surface area contributed by atoms with E-state index < -0.39 is 17.7 Å². The zero-order valence-electron chi connectivity index (χ0n) is 13.8. The van der Waals surface area contributed by atoms with E-state index in [0.717, 1.165) is 4.88 Å². The van der Waals surface area contributed by atoms with E-state index in [1.165, 1.54) is 0 Å². The molecule has 2 heterocycles. The summed E-state index contributed by atoms with van der Waals surface area (Å²) in [6.45, 7) is 7.55. The van der Waals surface area contributed by atoms with Gasteiger partial charge in [-0.15, -0.1) is 11.3 Å². The molecule has 0 radical (unpaired) electrons. The minimum absolute atomic E-state index is 0.0902. The molecule has 1 saturated heterocycles. The van der Waals surface area contributed by atoms with Gasteiger partial charge in [-0.25, -0.2) is 4.79 Å². The first-order valence-electron chi connectivity index (χ1n) is 7.73. The lowest BCUT2D eigenvalue weighted by molar-refractivity contribution is -0.137. The summed E-state index contributed by atoms with van der Waals surface area (Å²) in [6.07, 6.45) is -0.103. The van der Waals surface area contributed by atoms with Gasteiger partial charge in [0, 0.05) is 24.4 Å². The molecule has 23 heavy (non-hydrogen) atoms. The quantitative estimate of drug-likeness (QED) is 0.911. The number of carbonyl (C=O) groups excluding carboxylic acids is 2. The Morgan fingerprint density at radius 2 is 2.09 bits per heavy atom. The molecule has 1 fully saturated rings. The highest BCUT2D eigenvalue weighted by atomic mass is 32.1. The third kappa shape index (κ3) is 5.84. The number of amides is 2. The van der Waals surface area contributed by atoms with Gasteiger partial charge in [0.05, 0.1) is 13.2 Å². The Labute approximate surface area is 140 Å². The van der Waals surface area contributed by atoms with Gasteiger partial charge in [0.15, 0.2) is 0 Å². The summed E-state index contributed by atoms with van der Waals surface area (Å²) < 4.78 is 10.6. The molecule has 7 heteroatoms. The summed E-state index contributed by atoms with van der Waals surface area (Å²) >= 11 is 1.57. The monoisotopic (exact) mass is 340 g/mol. The zero-order valence-corrected chi connectivity index (χ0v) is 14.6. The SMILES string of the molecule is CC(C)(C)OC(=O)N[C@@H](Cc1cccs1)C(=O)N1CCOCC1. The summed E-state index contributed by atoms with van der Waals surface area (Å²) in [6, 6.07) is 3.27.